The van der Waals surface area contributed by atoms with Crippen LogP contribution in [0.4, 0.5) is 5.69 Å². The van der Waals surface area contributed by atoms with Gasteiger partial charge in [0, 0.05) is 31.4 Å². The minimum atomic E-state index is -0.286. The molecule has 0 spiro atoms. The largest absolute Gasteiger partial charge is 0.493 e. The van der Waals surface area contributed by atoms with Gasteiger partial charge in [-0.05, 0) is 12.8 Å². The van der Waals surface area contributed by atoms with Crippen LogP contribution in [0.5, 0.6) is 17.2 Å². The molecule has 1 aromatic carbocycles. The SMILES string of the molecule is CCCCN(C)C(=O)C1CC1C(=O)Nc1cc(OC)c(OC)c(OC)c1. The van der Waals surface area contributed by atoms with E-state index in [1.807, 2.05) is 0 Å². The van der Waals surface area contributed by atoms with Gasteiger partial charge in [0.1, 0.15) is 0 Å². The van der Waals surface area contributed by atoms with Crippen LogP contribution in [-0.4, -0.2) is 51.6 Å². The van der Waals surface area contributed by atoms with Crippen molar-refractivity contribution in [2.24, 2.45) is 11.8 Å². The topological polar surface area (TPSA) is 77.1 Å². The lowest BCUT2D eigenvalue weighted by Crippen LogP contribution is -2.30. The second-order valence-electron chi connectivity index (χ2n) is 6.47. The molecule has 2 amide bonds. The molecule has 0 radical (unpaired) electrons. The molecule has 0 aliphatic heterocycles. The van der Waals surface area contributed by atoms with E-state index in [2.05, 4.69) is 12.2 Å². The smallest absolute Gasteiger partial charge is 0.228 e. The second-order valence-corrected chi connectivity index (χ2v) is 6.47. The summed E-state index contributed by atoms with van der Waals surface area (Å²) in [5.41, 5.74) is 0.543. The zero-order valence-corrected chi connectivity index (χ0v) is 16.1. The number of methoxy groups -OCH3 is 3. The van der Waals surface area contributed by atoms with Crippen LogP contribution in [0.25, 0.3) is 0 Å². The average Bonchev–Trinajstić information content (AvgIpc) is 3.45. The van der Waals surface area contributed by atoms with Crippen molar-refractivity contribution < 1.29 is 23.8 Å². The van der Waals surface area contributed by atoms with Gasteiger partial charge in [-0.25, -0.2) is 0 Å². The van der Waals surface area contributed by atoms with E-state index in [-0.39, 0.29) is 23.7 Å². The van der Waals surface area contributed by atoms with Crippen molar-refractivity contribution in [1.29, 1.82) is 0 Å². The Bertz CT molecular complexity index is 636. The Morgan fingerprint density at radius 2 is 1.73 bits per heavy atom. The molecule has 7 nitrogen and oxygen atoms in total. The van der Waals surface area contributed by atoms with Crippen molar-refractivity contribution in [2.45, 2.75) is 26.2 Å². The average molecular weight is 364 g/mol. The third-order valence-electron chi connectivity index (χ3n) is 4.60. The van der Waals surface area contributed by atoms with E-state index in [4.69, 9.17) is 14.2 Å². The summed E-state index contributed by atoms with van der Waals surface area (Å²) in [6, 6.07) is 3.34. The molecule has 26 heavy (non-hydrogen) atoms. The number of hydrogen-bond donors (Lipinski definition) is 1. The van der Waals surface area contributed by atoms with Gasteiger partial charge in [-0.1, -0.05) is 13.3 Å². The van der Waals surface area contributed by atoms with Gasteiger partial charge in [0.25, 0.3) is 0 Å². The molecule has 1 N–H and O–H groups in total. The summed E-state index contributed by atoms with van der Waals surface area (Å²) in [5.74, 6) is 0.759. The Balaban J connectivity index is 2.02. The Labute approximate surface area is 154 Å². The number of unbranched alkanes of at least 4 members (excludes halogenated alkanes) is 1. The van der Waals surface area contributed by atoms with E-state index in [0.717, 1.165) is 19.4 Å². The molecular weight excluding hydrogens is 336 g/mol. The van der Waals surface area contributed by atoms with Crippen molar-refractivity contribution in [1.82, 2.24) is 4.90 Å². The highest BCUT2D eigenvalue weighted by molar-refractivity contribution is 5.99. The first-order valence-electron chi connectivity index (χ1n) is 8.82. The third-order valence-corrected chi connectivity index (χ3v) is 4.60. The van der Waals surface area contributed by atoms with Gasteiger partial charge in [-0.15, -0.1) is 0 Å². The first-order chi connectivity index (χ1) is 12.5. The van der Waals surface area contributed by atoms with Crippen molar-refractivity contribution in [3.05, 3.63) is 12.1 Å². The van der Waals surface area contributed by atoms with Gasteiger partial charge in [0.2, 0.25) is 17.6 Å². The van der Waals surface area contributed by atoms with Crippen LogP contribution in [0.15, 0.2) is 12.1 Å². The maximum atomic E-state index is 12.5. The number of rotatable bonds is 9. The third kappa shape index (κ3) is 4.39. The lowest BCUT2D eigenvalue weighted by atomic mass is 10.2. The number of anilines is 1. The molecule has 7 heteroatoms. The molecule has 0 bridgehead atoms. The fraction of sp³-hybridized carbons (Fsp3) is 0.579. The van der Waals surface area contributed by atoms with Crippen molar-refractivity contribution in [2.75, 3.05) is 40.2 Å². The number of carbonyl (C=O) groups excluding carboxylic acids is 2. The minimum absolute atomic E-state index is 0.0449. The summed E-state index contributed by atoms with van der Waals surface area (Å²) in [4.78, 5) is 26.6. The molecule has 0 heterocycles. The zero-order chi connectivity index (χ0) is 19.3. The van der Waals surface area contributed by atoms with E-state index in [9.17, 15) is 9.59 Å². The van der Waals surface area contributed by atoms with Crippen molar-refractivity contribution in [3.63, 3.8) is 0 Å². The second kappa shape index (κ2) is 8.78. The number of benzene rings is 1. The molecule has 2 unspecified atom stereocenters. The summed E-state index contributed by atoms with van der Waals surface area (Å²) in [6.07, 6.45) is 2.59. The summed E-state index contributed by atoms with van der Waals surface area (Å²) < 4.78 is 15.8. The molecular formula is C19H28N2O5. The maximum absolute atomic E-state index is 12.5. The van der Waals surface area contributed by atoms with E-state index >= 15 is 0 Å². The molecule has 1 aliphatic carbocycles. The lowest BCUT2D eigenvalue weighted by Gasteiger charge is -2.17. The lowest BCUT2D eigenvalue weighted by molar-refractivity contribution is -0.132. The van der Waals surface area contributed by atoms with Crippen LogP contribution < -0.4 is 19.5 Å². The Kier molecular flexibility index (Phi) is 6.71. The van der Waals surface area contributed by atoms with Gasteiger partial charge in [0.15, 0.2) is 11.5 Å². The minimum Gasteiger partial charge on any atom is -0.493 e. The molecule has 144 valence electrons. The summed E-state index contributed by atoms with van der Waals surface area (Å²) in [5, 5.41) is 2.85. The fourth-order valence-electron chi connectivity index (χ4n) is 2.93. The van der Waals surface area contributed by atoms with Crippen LogP contribution in [-0.2, 0) is 9.59 Å². The van der Waals surface area contributed by atoms with Crippen molar-refractivity contribution >= 4 is 17.5 Å². The van der Waals surface area contributed by atoms with Gasteiger partial charge in [-0.2, -0.15) is 0 Å². The molecule has 0 aromatic heterocycles. The predicted molar refractivity (Wildman–Crippen MR) is 98.9 cm³/mol. The fourth-order valence-corrected chi connectivity index (χ4v) is 2.93. The number of nitrogens with zero attached hydrogens (tertiary/aromatic N) is 1. The highest BCUT2D eigenvalue weighted by atomic mass is 16.5. The molecule has 2 atom stereocenters. The monoisotopic (exact) mass is 364 g/mol. The number of ether oxygens (including phenoxy) is 3. The highest BCUT2D eigenvalue weighted by Gasteiger charge is 2.49. The Morgan fingerprint density at radius 1 is 1.12 bits per heavy atom. The summed E-state index contributed by atoms with van der Waals surface area (Å²) in [7, 11) is 6.35. The molecule has 1 saturated carbocycles. The standard InChI is InChI=1S/C19H28N2O5/c1-6-7-8-21(2)19(23)14-11-13(14)18(22)20-12-9-15(24-3)17(26-5)16(10-12)25-4/h9-10,13-14H,6-8,11H2,1-5H3,(H,20,22). The van der Waals surface area contributed by atoms with E-state index in [1.54, 1.807) is 24.1 Å². The first kappa shape index (κ1) is 19.9. The van der Waals surface area contributed by atoms with Gasteiger partial charge >= 0.3 is 0 Å². The van der Waals surface area contributed by atoms with Crippen LogP contribution in [0.1, 0.15) is 26.2 Å². The first-order valence-corrected chi connectivity index (χ1v) is 8.82. The van der Waals surface area contributed by atoms with E-state index in [0.29, 0.717) is 29.4 Å². The highest BCUT2D eigenvalue weighted by Crippen LogP contribution is 2.43. The number of hydrogen-bond acceptors (Lipinski definition) is 5. The maximum Gasteiger partial charge on any atom is 0.228 e. The van der Waals surface area contributed by atoms with Crippen LogP contribution in [0.3, 0.4) is 0 Å². The van der Waals surface area contributed by atoms with Gasteiger partial charge in [-0.3, -0.25) is 9.59 Å². The van der Waals surface area contributed by atoms with Crippen LogP contribution >= 0.6 is 0 Å². The number of nitrogens with one attached hydrogen (secondary N) is 1. The molecule has 1 fully saturated rings. The Morgan fingerprint density at radius 3 is 2.23 bits per heavy atom. The number of amides is 2. The van der Waals surface area contributed by atoms with E-state index < -0.39 is 0 Å². The van der Waals surface area contributed by atoms with Crippen LogP contribution in [0, 0.1) is 11.8 Å². The summed E-state index contributed by atoms with van der Waals surface area (Å²) >= 11 is 0. The van der Waals surface area contributed by atoms with Gasteiger partial charge < -0.3 is 24.4 Å². The van der Waals surface area contributed by atoms with Crippen LogP contribution in [0.2, 0.25) is 0 Å². The quantitative estimate of drug-likeness (QED) is 0.729. The molecule has 0 saturated heterocycles. The Hall–Kier alpha value is -2.44. The zero-order valence-electron chi connectivity index (χ0n) is 16.1. The molecule has 2 rings (SSSR count). The van der Waals surface area contributed by atoms with E-state index in [1.165, 1.54) is 21.3 Å². The molecule has 1 aromatic rings. The van der Waals surface area contributed by atoms with Crippen molar-refractivity contribution in [3.8, 4) is 17.2 Å². The number of carbonyl (C=O) groups is 2. The van der Waals surface area contributed by atoms with Gasteiger partial charge in [0.05, 0.1) is 33.2 Å². The normalized spacial score (nSPS) is 18.0. The summed E-state index contributed by atoms with van der Waals surface area (Å²) in [6.45, 7) is 2.82. The predicted octanol–water partition coefficient (Wildman–Crippen LogP) is 2.55. The molecule has 1 aliphatic rings.